The second kappa shape index (κ2) is 6.74. The van der Waals surface area contributed by atoms with Gasteiger partial charge in [-0.1, -0.05) is 18.2 Å². The molecule has 5 nitrogen and oxygen atoms in total. The predicted molar refractivity (Wildman–Crippen MR) is 93.3 cm³/mol. The highest BCUT2D eigenvalue weighted by molar-refractivity contribution is 6.23. The van der Waals surface area contributed by atoms with Crippen molar-refractivity contribution in [3.05, 3.63) is 54.1 Å². The van der Waals surface area contributed by atoms with Gasteiger partial charge in [0.2, 0.25) is 5.91 Å². The van der Waals surface area contributed by atoms with E-state index in [9.17, 15) is 9.59 Å². The zero-order chi connectivity index (χ0) is 17.1. The molecular formula is C19H20N2O3. The third-order valence-electron chi connectivity index (χ3n) is 4.03. The quantitative estimate of drug-likeness (QED) is 0.859. The van der Waals surface area contributed by atoms with Crippen LogP contribution >= 0.6 is 0 Å². The fourth-order valence-electron chi connectivity index (χ4n) is 2.80. The first-order valence-electron chi connectivity index (χ1n) is 8.02. The molecule has 1 N–H and O–H groups in total. The van der Waals surface area contributed by atoms with Gasteiger partial charge in [0, 0.05) is 5.69 Å². The topological polar surface area (TPSA) is 58.6 Å². The molecule has 1 heterocycles. The molecule has 0 aliphatic carbocycles. The van der Waals surface area contributed by atoms with Gasteiger partial charge in [-0.05, 0) is 49.7 Å². The molecule has 1 aliphatic rings. The Balaban J connectivity index is 1.77. The van der Waals surface area contributed by atoms with E-state index in [1.54, 1.807) is 24.3 Å². The number of amides is 2. The highest BCUT2D eigenvalue weighted by Crippen LogP contribution is 2.27. The molecule has 124 valence electrons. The minimum atomic E-state index is -0.537. The largest absolute Gasteiger partial charge is 0.494 e. The van der Waals surface area contributed by atoms with Crippen LogP contribution in [0.3, 0.4) is 0 Å². The Kier molecular flexibility index (Phi) is 4.51. The number of benzene rings is 2. The van der Waals surface area contributed by atoms with Crippen LogP contribution in [0.2, 0.25) is 0 Å². The van der Waals surface area contributed by atoms with E-state index in [-0.39, 0.29) is 18.2 Å². The molecule has 1 fully saturated rings. The van der Waals surface area contributed by atoms with Crippen LogP contribution in [0.4, 0.5) is 11.4 Å². The normalized spacial score (nSPS) is 17.2. The van der Waals surface area contributed by atoms with Gasteiger partial charge in [0.15, 0.2) is 0 Å². The summed E-state index contributed by atoms with van der Waals surface area (Å²) in [6.45, 7) is 4.44. The fourth-order valence-corrected chi connectivity index (χ4v) is 2.80. The van der Waals surface area contributed by atoms with Gasteiger partial charge in [-0.15, -0.1) is 0 Å². The summed E-state index contributed by atoms with van der Waals surface area (Å²) in [7, 11) is 0. The molecule has 2 aromatic carbocycles. The van der Waals surface area contributed by atoms with Crippen molar-refractivity contribution >= 4 is 23.2 Å². The van der Waals surface area contributed by atoms with E-state index in [2.05, 4.69) is 5.32 Å². The Labute approximate surface area is 141 Å². The predicted octanol–water partition coefficient (Wildman–Crippen LogP) is 3.14. The average Bonchev–Trinajstić information content (AvgIpc) is 2.85. The Hall–Kier alpha value is -2.82. The van der Waals surface area contributed by atoms with E-state index in [0.717, 1.165) is 17.0 Å². The monoisotopic (exact) mass is 324 g/mol. The number of rotatable bonds is 5. The summed E-state index contributed by atoms with van der Waals surface area (Å²) in [6.07, 6.45) is 0.153. The van der Waals surface area contributed by atoms with Crippen molar-refractivity contribution in [2.24, 2.45) is 0 Å². The number of ether oxygens (including phenoxy) is 1. The summed E-state index contributed by atoms with van der Waals surface area (Å²) in [5, 5.41) is 3.18. The molecular weight excluding hydrogens is 304 g/mol. The number of hydrogen-bond donors (Lipinski definition) is 1. The van der Waals surface area contributed by atoms with Gasteiger partial charge in [0.1, 0.15) is 11.8 Å². The number of hydrogen-bond acceptors (Lipinski definition) is 4. The van der Waals surface area contributed by atoms with Gasteiger partial charge in [-0.2, -0.15) is 0 Å². The summed E-state index contributed by atoms with van der Waals surface area (Å²) in [4.78, 5) is 26.2. The summed E-state index contributed by atoms with van der Waals surface area (Å²) in [6, 6.07) is 14.2. The number of nitrogens with one attached hydrogen (secondary N) is 1. The van der Waals surface area contributed by atoms with Crippen LogP contribution < -0.4 is 15.0 Å². The second-order valence-electron chi connectivity index (χ2n) is 5.71. The number of carbonyl (C=O) groups excluding carboxylic acids is 2. The van der Waals surface area contributed by atoms with E-state index >= 15 is 0 Å². The van der Waals surface area contributed by atoms with Gasteiger partial charge in [-0.25, -0.2) is 4.90 Å². The molecule has 24 heavy (non-hydrogen) atoms. The molecule has 1 atom stereocenters. The van der Waals surface area contributed by atoms with Gasteiger partial charge in [-0.3, -0.25) is 9.59 Å². The summed E-state index contributed by atoms with van der Waals surface area (Å²) >= 11 is 0. The van der Waals surface area contributed by atoms with Gasteiger partial charge in [0.25, 0.3) is 5.91 Å². The molecule has 5 heteroatoms. The van der Waals surface area contributed by atoms with Crippen molar-refractivity contribution in [3.63, 3.8) is 0 Å². The Bertz CT molecular complexity index is 755. The first-order chi connectivity index (χ1) is 11.6. The summed E-state index contributed by atoms with van der Waals surface area (Å²) in [5.41, 5.74) is 2.48. The second-order valence-corrected chi connectivity index (χ2v) is 5.71. The van der Waals surface area contributed by atoms with Crippen LogP contribution in [-0.2, 0) is 9.59 Å². The maximum atomic E-state index is 12.7. The SMILES string of the molecule is CCOc1ccc(N2C(=O)CC(Nc3ccccc3C)C2=O)cc1. The lowest BCUT2D eigenvalue weighted by molar-refractivity contribution is -0.121. The first-order valence-corrected chi connectivity index (χ1v) is 8.02. The molecule has 2 aromatic rings. The maximum absolute atomic E-state index is 12.7. The number of aryl methyl sites for hydroxylation is 1. The molecule has 0 saturated carbocycles. The lowest BCUT2D eigenvalue weighted by Gasteiger charge is -2.17. The summed E-state index contributed by atoms with van der Waals surface area (Å²) in [5.74, 6) is 0.289. The van der Waals surface area contributed by atoms with E-state index in [1.165, 1.54) is 4.90 Å². The standard InChI is InChI=1S/C19H20N2O3/c1-3-24-15-10-8-14(9-11-15)21-18(22)12-17(19(21)23)20-16-7-5-4-6-13(16)2/h4-11,17,20H,3,12H2,1-2H3. The van der Waals surface area contributed by atoms with Crippen LogP contribution in [0, 0.1) is 6.92 Å². The number of imide groups is 1. The van der Waals surface area contributed by atoms with E-state index in [1.807, 2.05) is 38.1 Å². The van der Waals surface area contributed by atoms with E-state index in [0.29, 0.717) is 12.3 Å². The van der Waals surface area contributed by atoms with Crippen molar-refractivity contribution in [3.8, 4) is 5.75 Å². The third kappa shape index (κ3) is 3.11. The van der Waals surface area contributed by atoms with Crippen molar-refractivity contribution in [2.75, 3.05) is 16.8 Å². The molecule has 1 saturated heterocycles. The highest BCUT2D eigenvalue weighted by Gasteiger charge is 2.39. The Morgan fingerprint density at radius 1 is 1.12 bits per heavy atom. The van der Waals surface area contributed by atoms with Crippen molar-refractivity contribution in [1.82, 2.24) is 0 Å². The first kappa shape index (κ1) is 16.1. The Morgan fingerprint density at radius 3 is 2.50 bits per heavy atom. The average molecular weight is 324 g/mol. The van der Waals surface area contributed by atoms with Crippen LogP contribution in [0.5, 0.6) is 5.75 Å². The zero-order valence-electron chi connectivity index (χ0n) is 13.8. The van der Waals surface area contributed by atoms with E-state index < -0.39 is 6.04 Å². The molecule has 1 aliphatic heterocycles. The molecule has 0 bridgehead atoms. The van der Waals surface area contributed by atoms with Gasteiger partial charge < -0.3 is 10.1 Å². The molecule has 3 rings (SSSR count). The summed E-state index contributed by atoms with van der Waals surface area (Å²) < 4.78 is 5.39. The molecule has 1 unspecified atom stereocenters. The highest BCUT2D eigenvalue weighted by atomic mass is 16.5. The van der Waals surface area contributed by atoms with Gasteiger partial charge >= 0.3 is 0 Å². The van der Waals surface area contributed by atoms with Crippen LogP contribution in [0.1, 0.15) is 18.9 Å². The molecule has 0 spiro atoms. The number of para-hydroxylation sites is 1. The van der Waals surface area contributed by atoms with Gasteiger partial charge in [0.05, 0.1) is 18.7 Å². The fraction of sp³-hybridized carbons (Fsp3) is 0.263. The number of nitrogens with zero attached hydrogens (tertiary/aromatic N) is 1. The lowest BCUT2D eigenvalue weighted by atomic mass is 10.1. The molecule has 0 radical (unpaired) electrons. The lowest BCUT2D eigenvalue weighted by Crippen LogP contribution is -2.34. The van der Waals surface area contributed by atoms with Crippen LogP contribution in [-0.4, -0.2) is 24.5 Å². The number of anilines is 2. The van der Waals surface area contributed by atoms with Crippen molar-refractivity contribution in [2.45, 2.75) is 26.3 Å². The Morgan fingerprint density at radius 2 is 1.83 bits per heavy atom. The van der Waals surface area contributed by atoms with Crippen molar-refractivity contribution in [1.29, 1.82) is 0 Å². The van der Waals surface area contributed by atoms with E-state index in [4.69, 9.17) is 4.74 Å². The minimum absolute atomic E-state index is 0.153. The zero-order valence-corrected chi connectivity index (χ0v) is 13.8. The third-order valence-corrected chi connectivity index (χ3v) is 4.03. The maximum Gasteiger partial charge on any atom is 0.256 e. The smallest absolute Gasteiger partial charge is 0.256 e. The number of carbonyl (C=O) groups is 2. The van der Waals surface area contributed by atoms with Crippen molar-refractivity contribution < 1.29 is 14.3 Å². The molecule has 0 aromatic heterocycles. The molecule has 2 amide bonds. The van der Waals surface area contributed by atoms with Crippen LogP contribution in [0.15, 0.2) is 48.5 Å². The van der Waals surface area contributed by atoms with Crippen LogP contribution in [0.25, 0.3) is 0 Å². The minimum Gasteiger partial charge on any atom is -0.494 e.